The molecule has 86 valence electrons. The first kappa shape index (κ1) is 11.5. The van der Waals surface area contributed by atoms with Crippen molar-refractivity contribution in [2.45, 2.75) is 19.0 Å². The molecule has 0 saturated carbocycles. The lowest BCUT2D eigenvalue weighted by Gasteiger charge is -2.13. The third-order valence-electron chi connectivity index (χ3n) is 3.02. The van der Waals surface area contributed by atoms with Crippen molar-refractivity contribution in [2.24, 2.45) is 0 Å². The van der Waals surface area contributed by atoms with Gasteiger partial charge in [-0.2, -0.15) is 0 Å². The Morgan fingerprint density at radius 2 is 1.81 bits per heavy atom. The van der Waals surface area contributed by atoms with Gasteiger partial charge >= 0.3 is 0 Å². The van der Waals surface area contributed by atoms with E-state index in [9.17, 15) is 15.0 Å². The Balaban J connectivity index is 2.07. The van der Waals surface area contributed by atoms with Crippen molar-refractivity contribution in [3.63, 3.8) is 0 Å². The molecular formula is C11H15NO3P+. The normalized spacial score (nSPS) is 18.6. The standard InChI is InChI=1S/C11H15NO3P/c13-12(14)11-5-3-10(4-6-11)9-16(15)7-1-2-8-16/h3-6,15H,1-2,7-9H2/q+1. The summed E-state index contributed by atoms with van der Waals surface area (Å²) in [4.78, 5) is 20.4. The first-order valence-electron chi connectivity index (χ1n) is 5.41. The van der Waals surface area contributed by atoms with E-state index in [4.69, 9.17) is 0 Å². The number of nitrogens with zero attached hydrogens (tertiary/aromatic N) is 1. The van der Waals surface area contributed by atoms with Crippen LogP contribution in [0.1, 0.15) is 18.4 Å². The highest BCUT2D eigenvalue weighted by molar-refractivity contribution is 7.69. The second-order valence-electron chi connectivity index (χ2n) is 4.33. The smallest absolute Gasteiger partial charge is 0.258 e. The van der Waals surface area contributed by atoms with E-state index < -0.39 is 12.4 Å². The van der Waals surface area contributed by atoms with Crippen LogP contribution < -0.4 is 0 Å². The Morgan fingerprint density at radius 3 is 2.31 bits per heavy atom. The quantitative estimate of drug-likeness (QED) is 0.502. The van der Waals surface area contributed by atoms with E-state index in [1.54, 1.807) is 12.1 Å². The van der Waals surface area contributed by atoms with Crippen molar-refractivity contribution >= 4 is 13.2 Å². The van der Waals surface area contributed by atoms with Crippen molar-refractivity contribution in [2.75, 3.05) is 12.3 Å². The number of benzene rings is 1. The number of hydrogen-bond donors (Lipinski definition) is 1. The van der Waals surface area contributed by atoms with Crippen LogP contribution in [0.2, 0.25) is 0 Å². The van der Waals surface area contributed by atoms with E-state index in [1.165, 1.54) is 12.1 Å². The fraction of sp³-hybridized carbons (Fsp3) is 0.455. The Labute approximate surface area is 94.9 Å². The molecule has 0 spiro atoms. The second kappa shape index (κ2) is 4.48. The molecule has 4 nitrogen and oxygen atoms in total. The summed E-state index contributed by atoms with van der Waals surface area (Å²) in [6.07, 6.45) is 4.85. The van der Waals surface area contributed by atoms with Gasteiger partial charge in [-0.25, -0.2) is 0 Å². The van der Waals surface area contributed by atoms with Crippen molar-refractivity contribution in [1.82, 2.24) is 0 Å². The minimum atomic E-state index is -1.75. The van der Waals surface area contributed by atoms with Gasteiger partial charge in [0.2, 0.25) is 0 Å². The lowest BCUT2D eigenvalue weighted by molar-refractivity contribution is -0.384. The van der Waals surface area contributed by atoms with Crippen LogP contribution in [-0.4, -0.2) is 22.1 Å². The van der Waals surface area contributed by atoms with Crippen LogP contribution in [0.25, 0.3) is 0 Å². The van der Waals surface area contributed by atoms with Gasteiger partial charge in [0.1, 0.15) is 13.7 Å². The van der Waals surface area contributed by atoms with Crippen LogP contribution in [0.15, 0.2) is 24.3 Å². The maximum atomic E-state index is 10.5. The molecule has 1 aliphatic heterocycles. The monoisotopic (exact) mass is 240 g/mol. The molecule has 1 aliphatic rings. The summed E-state index contributed by atoms with van der Waals surface area (Å²) in [5.74, 6) is 0. The Kier molecular flexibility index (Phi) is 3.22. The SMILES string of the molecule is O=[N+]([O-])c1ccc(C[P+]2(O)CCCC2)cc1. The summed E-state index contributed by atoms with van der Waals surface area (Å²) in [5, 5.41) is 10.5. The molecule has 1 fully saturated rings. The number of non-ortho nitro benzene ring substituents is 1. The van der Waals surface area contributed by atoms with Gasteiger partial charge < -0.3 is 0 Å². The number of hydrogen-bond acceptors (Lipinski definition) is 3. The van der Waals surface area contributed by atoms with E-state index in [0.29, 0.717) is 6.16 Å². The molecular weight excluding hydrogens is 225 g/mol. The van der Waals surface area contributed by atoms with E-state index in [2.05, 4.69) is 0 Å². The van der Waals surface area contributed by atoms with Crippen LogP contribution in [0, 0.1) is 10.1 Å². The van der Waals surface area contributed by atoms with Crippen molar-refractivity contribution in [3.05, 3.63) is 39.9 Å². The third-order valence-corrected chi connectivity index (χ3v) is 6.27. The zero-order valence-electron chi connectivity index (χ0n) is 9.00. The molecule has 1 saturated heterocycles. The van der Waals surface area contributed by atoms with Crippen LogP contribution >= 0.6 is 7.49 Å². The van der Waals surface area contributed by atoms with Gasteiger partial charge in [-0.05, 0) is 30.5 Å². The van der Waals surface area contributed by atoms with Crippen LogP contribution in [0.5, 0.6) is 0 Å². The molecule has 0 aromatic heterocycles. The van der Waals surface area contributed by atoms with Gasteiger partial charge in [0.15, 0.2) is 0 Å². The molecule has 1 aromatic rings. The predicted molar refractivity (Wildman–Crippen MR) is 64.9 cm³/mol. The molecule has 0 aliphatic carbocycles. The highest BCUT2D eigenvalue weighted by Gasteiger charge is 2.39. The first-order valence-corrected chi connectivity index (χ1v) is 7.71. The fourth-order valence-electron chi connectivity index (χ4n) is 2.15. The van der Waals surface area contributed by atoms with Gasteiger partial charge in [-0.1, -0.05) is 0 Å². The average Bonchev–Trinajstić information content (AvgIpc) is 2.65. The molecule has 1 N–H and O–H groups in total. The van der Waals surface area contributed by atoms with Crippen molar-refractivity contribution in [3.8, 4) is 0 Å². The van der Waals surface area contributed by atoms with Crippen LogP contribution in [0.4, 0.5) is 5.69 Å². The maximum Gasteiger partial charge on any atom is 0.269 e. The summed E-state index contributed by atoms with van der Waals surface area (Å²) in [6, 6.07) is 6.54. The zero-order valence-corrected chi connectivity index (χ0v) is 9.90. The fourth-order valence-corrected chi connectivity index (χ4v) is 5.20. The van der Waals surface area contributed by atoms with E-state index >= 15 is 0 Å². The summed E-state index contributed by atoms with van der Waals surface area (Å²) < 4.78 is 0. The number of nitro groups is 1. The number of nitro benzene ring substituents is 1. The average molecular weight is 240 g/mol. The zero-order chi connectivity index (χ0) is 11.6. The highest BCUT2D eigenvalue weighted by Crippen LogP contribution is 2.62. The topological polar surface area (TPSA) is 63.4 Å². The van der Waals surface area contributed by atoms with Crippen LogP contribution in [0.3, 0.4) is 0 Å². The van der Waals surface area contributed by atoms with Crippen molar-refractivity contribution in [1.29, 1.82) is 0 Å². The predicted octanol–water partition coefficient (Wildman–Crippen LogP) is 2.81. The van der Waals surface area contributed by atoms with Gasteiger partial charge in [0, 0.05) is 12.1 Å². The van der Waals surface area contributed by atoms with Gasteiger partial charge in [0.05, 0.1) is 17.2 Å². The molecule has 16 heavy (non-hydrogen) atoms. The minimum absolute atomic E-state index is 0.112. The summed E-state index contributed by atoms with van der Waals surface area (Å²) in [7, 11) is -1.75. The van der Waals surface area contributed by atoms with E-state index in [-0.39, 0.29) is 5.69 Å². The summed E-state index contributed by atoms with van der Waals surface area (Å²) >= 11 is 0. The van der Waals surface area contributed by atoms with Crippen molar-refractivity contribution < 1.29 is 9.82 Å². The van der Waals surface area contributed by atoms with Gasteiger partial charge in [-0.15, -0.1) is 0 Å². The largest absolute Gasteiger partial charge is 0.269 e. The second-order valence-corrected chi connectivity index (χ2v) is 7.73. The molecule has 1 heterocycles. The molecule has 0 unspecified atom stereocenters. The molecule has 0 atom stereocenters. The maximum absolute atomic E-state index is 10.5. The molecule has 0 radical (unpaired) electrons. The Bertz CT molecular complexity index is 385. The van der Waals surface area contributed by atoms with E-state index in [0.717, 1.165) is 30.7 Å². The molecule has 0 bridgehead atoms. The molecule has 5 heteroatoms. The Hall–Kier alpha value is -0.990. The third kappa shape index (κ3) is 2.57. The molecule has 1 aromatic carbocycles. The Morgan fingerprint density at radius 1 is 1.25 bits per heavy atom. The minimum Gasteiger partial charge on any atom is -0.258 e. The molecule has 0 amide bonds. The lowest BCUT2D eigenvalue weighted by Crippen LogP contribution is -1.98. The van der Waals surface area contributed by atoms with Crippen LogP contribution in [-0.2, 0) is 6.16 Å². The van der Waals surface area contributed by atoms with E-state index in [1.807, 2.05) is 0 Å². The summed E-state index contributed by atoms with van der Waals surface area (Å²) in [6.45, 7) is 0. The number of rotatable bonds is 3. The summed E-state index contributed by atoms with van der Waals surface area (Å²) in [5.41, 5.74) is 1.13. The lowest BCUT2D eigenvalue weighted by atomic mass is 10.2. The van der Waals surface area contributed by atoms with Gasteiger partial charge in [-0.3, -0.25) is 15.0 Å². The first-order chi connectivity index (χ1) is 7.59. The molecule has 2 rings (SSSR count). The van der Waals surface area contributed by atoms with Gasteiger partial charge in [0.25, 0.3) is 5.69 Å². The highest BCUT2D eigenvalue weighted by atomic mass is 31.2.